The van der Waals surface area contributed by atoms with E-state index in [4.69, 9.17) is 0 Å². The molecule has 2 fully saturated rings. The predicted octanol–water partition coefficient (Wildman–Crippen LogP) is 3.07. The average Bonchev–Trinajstić information content (AvgIpc) is 3.07. The van der Waals surface area contributed by atoms with E-state index in [0.29, 0.717) is 11.8 Å². The molecule has 27 heavy (non-hydrogen) atoms. The first-order valence-corrected chi connectivity index (χ1v) is 10.3. The minimum absolute atomic E-state index is 0. The van der Waals surface area contributed by atoms with Gasteiger partial charge in [-0.3, -0.25) is 0 Å². The van der Waals surface area contributed by atoms with E-state index in [1.165, 1.54) is 57.8 Å². The second-order valence-corrected chi connectivity index (χ2v) is 8.07. The van der Waals surface area contributed by atoms with Gasteiger partial charge >= 0.3 is 33.6 Å². The van der Waals surface area contributed by atoms with Crippen molar-refractivity contribution in [2.45, 2.75) is 97.3 Å². The van der Waals surface area contributed by atoms with E-state index in [1.54, 1.807) is 0 Å². The van der Waals surface area contributed by atoms with E-state index in [2.05, 4.69) is 13.8 Å². The van der Waals surface area contributed by atoms with Crippen LogP contribution in [0.15, 0.2) is 0 Å². The van der Waals surface area contributed by atoms with Gasteiger partial charge in [0.1, 0.15) is 0 Å². The van der Waals surface area contributed by atoms with Gasteiger partial charge in [-0.25, -0.2) is 0 Å². The van der Waals surface area contributed by atoms with Crippen LogP contribution in [0, 0.1) is 23.7 Å². The van der Waals surface area contributed by atoms with Gasteiger partial charge in [0.2, 0.25) is 0 Å². The summed E-state index contributed by atoms with van der Waals surface area (Å²) in [4.78, 5) is 20.4. The van der Waals surface area contributed by atoms with Crippen LogP contribution in [0.1, 0.15) is 97.3 Å². The summed E-state index contributed by atoms with van der Waals surface area (Å²) in [5.41, 5.74) is 0. The van der Waals surface area contributed by atoms with E-state index in [1.807, 2.05) is 0 Å². The van der Waals surface area contributed by atoms with Gasteiger partial charge in [-0.15, -0.1) is 0 Å². The molecule has 4 nitrogen and oxygen atoms in total. The van der Waals surface area contributed by atoms with Gasteiger partial charge in [0.15, 0.2) is 0 Å². The Morgan fingerprint density at radius 2 is 1.04 bits per heavy atom. The van der Waals surface area contributed by atoms with E-state index in [-0.39, 0.29) is 46.4 Å². The maximum absolute atomic E-state index is 10.3. The normalized spacial score (nSPS) is 26.7. The molecule has 0 aromatic carbocycles. The monoisotopic (exact) mass is 470 g/mol. The quantitative estimate of drug-likeness (QED) is 0.546. The fraction of sp³-hybridized carbons (Fsp3) is 0.905. The van der Waals surface area contributed by atoms with Gasteiger partial charge in [0, 0.05) is 11.9 Å². The third kappa shape index (κ3) is 13.7. The maximum atomic E-state index is 10.3. The molecule has 2 saturated carbocycles. The van der Waals surface area contributed by atoms with E-state index in [9.17, 15) is 19.8 Å². The standard InChI is InChI=1S/C11H20O2.C10H18O2.2Co/c1-2-9-3-5-10(6-4-9)7-8-11(12)13;1-2-8-3-4-9(7-8)5-6-10(11)12;;/h9-10H,2-8H2,1H3,(H,12,13);8-9H,2-7H2,1H3,(H,11,12);;/q;;2*+2/p-2. The molecular weight excluding hydrogens is 434 g/mol. The fourth-order valence-corrected chi connectivity index (χ4v) is 4.38. The Bertz CT molecular complexity index is 396. The molecule has 2 radical (unpaired) electrons. The van der Waals surface area contributed by atoms with Gasteiger partial charge in [0.25, 0.3) is 0 Å². The Balaban J connectivity index is 0. The minimum atomic E-state index is -0.894. The second kappa shape index (κ2) is 16.9. The zero-order chi connectivity index (χ0) is 18.7. The van der Waals surface area contributed by atoms with Crippen molar-refractivity contribution in [3.63, 3.8) is 0 Å². The molecule has 0 amide bonds. The molecular formula is C21H36Co2O4+2. The first-order chi connectivity index (χ1) is 11.9. The van der Waals surface area contributed by atoms with Crippen LogP contribution in [0.5, 0.6) is 0 Å². The van der Waals surface area contributed by atoms with Crippen LogP contribution >= 0.6 is 0 Å². The molecule has 160 valence electrons. The second-order valence-electron chi connectivity index (χ2n) is 8.07. The van der Waals surface area contributed by atoms with Crippen LogP contribution in [0.2, 0.25) is 0 Å². The number of carbonyl (C=O) groups excluding carboxylic acids is 2. The Morgan fingerprint density at radius 3 is 1.44 bits per heavy atom. The van der Waals surface area contributed by atoms with Crippen molar-refractivity contribution in [1.82, 2.24) is 0 Å². The first kappa shape index (κ1) is 29.2. The van der Waals surface area contributed by atoms with Crippen LogP contribution < -0.4 is 10.2 Å². The molecule has 2 aliphatic carbocycles. The summed E-state index contributed by atoms with van der Waals surface area (Å²) in [7, 11) is 0. The van der Waals surface area contributed by atoms with Crippen molar-refractivity contribution < 1.29 is 53.4 Å². The number of aliphatic carboxylic acids is 2. The largest absolute Gasteiger partial charge is 2.00 e. The van der Waals surface area contributed by atoms with E-state index < -0.39 is 11.9 Å². The molecule has 0 bridgehead atoms. The van der Waals surface area contributed by atoms with Crippen molar-refractivity contribution in [2.75, 3.05) is 0 Å². The Labute approximate surface area is 186 Å². The van der Waals surface area contributed by atoms with Crippen LogP contribution in [0.25, 0.3) is 0 Å². The van der Waals surface area contributed by atoms with Gasteiger partial charge in [-0.2, -0.15) is 0 Å². The van der Waals surface area contributed by atoms with Crippen molar-refractivity contribution >= 4 is 11.9 Å². The van der Waals surface area contributed by atoms with Crippen molar-refractivity contribution in [2.24, 2.45) is 23.7 Å². The topological polar surface area (TPSA) is 80.3 Å². The van der Waals surface area contributed by atoms with Crippen molar-refractivity contribution in [3.05, 3.63) is 0 Å². The maximum Gasteiger partial charge on any atom is 2.00 e. The number of carboxylic acids is 2. The molecule has 6 heteroatoms. The first-order valence-electron chi connectivity index (χ1n) is 10.3. The van der Waals surface area contributed by atoms with Crippen LogP contribution in [0.4, 0.5) is 0 Å². The number of carbonyl (C=O) groups is 2. The molecule has 2 unspecified atom stereocenters. The SMILES string of the molecule is CCC1CCC(CCC(=O)[O-])C1.CCC1CCC(CCC(=O)[O-])CC1.[Co+2].[Co+2]. The van der Waals surface area contributed by atoms with Crippen LogP contribution in [-0.2, 0) is 43.1 Å². The fourth-order valence-electron chi connectivity index (χ4n) is 4.38. The number of hydrogen-bond acceptors (Lipinski definition) is 4. The molecule has 0 N–H and O–H groups in total. The number of rotatable bonds is 8. The molecule has 0 spiro atoms. The molecule has 2 aliphatic rings. The van der Waals surface area contributed by atoms with Crippen LogP contribution in [-0.4, -0.2) is 11.9 Å². The zero-order valence-corrected chi connectivity index (χ0v) is 18.9. The molecule has 0 aliphatic heterocycles. The zero-order valence-electron chi connectivity index (χ0n) is 16.8. The summed E-state index contributed by atoms with van der Waals surface area (Å²) in [5, 5.41) is 20.4. The molecule has 0 aromatic rings. The minimum Gasteiger partial charge on any atom is -0.550 e. The smallest absolute Gasteiger partial charge is 0.550 e. The third-order valence-corrected chi connectivity index (χ3v) is 6.28. The van der Waals surface area contributed by atoms with E-state index >= 15 is 0 Å². The van der Waals surface area contributed by atoms with Crippen LogP contribution in [0.3, 0.4) is 0 Å². The number of hydrogen-bond donors (Lipinski definition) is 0. The Kier molecular flexibility index (Phi) is 18.2. The summed E-state index contributed by atoms with van der Waals surface area (Å²) >= 11 is 0. The summed E-state index contributed by atoms with van der Waals surface area (Å²) < 4.78 is 0. The average molecular weight is 470 g/mol. The summed E-state index contributed by atoms with van der Waals surface area (Å²) in [6, 6.07) is 0. The summed E-state index contributed by atoms with van der Waals surface area (Å²) in [6.07, 6.45) is 13.5. The third-order valence-electron chi connectivity index (χ3n) is 6.28. The summed E-state index contributed by atoms with van der Waals surface area (Å²) in [5.74, 6) is 1.29. The van der Waals surface area contributed by atoms with Gasteiger partial charge in [-0.05, 0) is 55.8 Å². The molecule has 0 heterocycles. The molecule has 0 saturated heterocycles. The summed E-state index contributed by atoms with van der Waals surface area (Å²) in [6.45, 7) is 4.46. The van der Waals surface area contributed by atoms with Gasteiger partial charge in [-0.1, -0.05) is 65.2 Å². The predicted molar refractivity (Wildman–Crippen MR) is 95.3 cm³/mol. The molecule has 2 rings (SSSR count). The molecule has 0 aromatic heterocycles. The van der Waals surface area contributed by atoms with Gasteiger partial charge in [0.05, 0.1) is 0 Å². The Hall–Kier alpha value is -0.0470. The Morgan fingerprint density at radius 1 is 0.667 bits per heavy atom. The van der Waals surface area contributed by atoms with E-state index in [0.717, 1.165) is 24.7 Å². The van der Waals surface area contributed by atoms with Crippen molar-refractivity contribution in [1.29, 1.82) is 0 Å². The van der Waals surface area contributed by atoms with Gasteiger partial charge < -0.3 is 19.8 Å². The molecule has 2 atom stereocenters. The number of carboxylic acid groups (broad SMARTS) is 2. The van der Waals surface area contributed by atoms with Crippen molar-refractivity contribution in [3.8, 4) is 0 Å².